The number of benzene rings is 1. The minimum atomic E-state index is 0.571. The summed E-state index contributed by atoms with van der Waals surface area (Å²) in [5.74, 6) is 1.32. The van der Waals surface area contributed by atoms with Gasteiger partial charge in [0.15, 0.2) is 0 Å². The third kappa shape index (κ3) is 4.30. The lowest BCUT2D eigenvalue weighted by atomic mass is 10.2. The normalized spacial score (nSPS) is 10.6. The van der Waals surface area contributed by atoms with Crippen molar-refractivity contribution < 1.29 is 4.74 Å². The standard InChI is InChI=1S/C21H18N4OS/c1-15-19(24-14-16-3-2-10-22-13-16)8-9-20(25-15)26-18-6-4-17(5-7-18)21-23-11-12-27-21/h2-13,24H,14H2,1H3. The summed E-state index contributed by atoms with van der Waals surface area (Å²) in [7, 11) is 0. The summed E-state index contributed by atoms with van der Waals surface area (Å²) in [5.41, 5.74) is 4.06. The fraction of sp³-hybridized carbons (Fsp3) is 0.0952. The third-order valence-corrected chi connectivity index (χ3v) is 4.84. The highest BCUT2D eigenvalue weighted by atomic mass is 32.1. The highest BCUT2D eigenvalue weighted by molar-refractivity contribution is 7.13. The molecule has 0 atom stereocenters. The van der Waals surface area contributed by atoms with Gasteiger partial charge in [-0.15, -0.1) is 11.3 Å². The summed E-state index contributed by atoms with van der Waals surface area (Å²) < 4.78 is 5.88. The summed E-state index contributed by atoms with van der Waals surface area (Å²) in [6.07, 6.45) is 5.43. The van der Waals surface area contributed by atoms with Crippen LogP contribution in [0, 0.1) is 6.92 Å². The molecule has 3 heterocycles. The third-order valence-electron chi connectivity index (χ3n) is 4.02. The van der Waals surface area contributed by atoms with Gasteiger partial charge in [0.05, 0.1) is 11.4 Å². The van der Waals surface area contributed by atoms with E-state index in [-0.39, 0.29) is 0 Å². The molecule has 1 aromatic carbocycles. The van der Waals surface area contributed by atoms with Crippen LogP contribution in [0.25, 0.3) is 10.6 Å². The average Bonchev–Trinajstić information content (AvgIpc) is 3.24. The van der Waals surface area contributed by atoms with Crippen LogP contribution in [-0.4, -0.2) is 15.0 Å². The zero-order valence-corrected chi connectivity index (χ0v) is 15.6. The minimum absolute atomic E-state index is 0.571. The van der Waals surface area contributed by atoms with Crippen molar-refractivity contribution in [2.45, 2.75) is 13.5 Å². The molecule has 4 aromatic rings. The maximum Gasteiger partial charge on any atom is 0.219 e. The number of aromatic nitrogens is 3. The second-order valence-electron chi connectivity index (χ2n) is 5.96. The highest BCUT2D eigenvalue weighted by Gasteiger charge is 2.05. The van der Waals surface area contributed by atoms with E-state index in [1.807, 2.05) is 67.0 Å². The van der Waals surface area contributed by atoms with Gasteiger partial charge in [0, 0.05) is 42.1 Å². The summed E-state index contributed by atoms with van der Waals surface area (Å²) in [6, 6.07) is 15.7. The second-order valence-corrected chi connectivity index (χ2v) is 6.86. The molecule has 1 N–H and O–H groups in total. The molecule has 0 saturated carbocycles. The summed E-state index contributed by atoms with van der Waals surface area (Å²) in [4.78, 5) is 13.0. The molecule has 0 aliphatic rings. The van der Waals surface area contributed by atoms with Gasteiger partial charge in [-0.1, -0.05) is 6.07 Å². The van der Waals surface area contributed by atoms with E-state index in [0.717, 1.165) is 33.3 Å². The lowest BCUT2D eigenvalue weighted by molar-refractivity contribution is 0.462. The smallest absolute Gasteiger partial charge is 0.219 e. The molecule has 5 nitrogen and oxygen atoms in total. The van der Waals surface area contributed by atoms with E-state index < -0.39 is 0 Å². The topological polar surface area (TPSA) is 59.9 Å². The van der Waals surface area contributed by atoms with Crippen molar-refractivity contribution in [3.8, 4) is 22.2 Å². The van der Waals surface area contributed by atoms with Crippen LogP contribution in [0.5, 0.6) is 11.6 Å². The number of nitrogens with zero attached hydrogens (tertiary/aromatic N) is 3. The number of anilines is 1. The first-order valence-corrected chi connectivity index (χ1v) is 9.44. The van der Waals surface area contributed by atoms with E-state index in [1.54, 1.807) is 23.7 Å². The molecule has 0 amide bonds. The molecule has 0 radical (unpaired) electrons. The maximum atomic E-state index is 5.88. The fourth-order valence-electron chi connectivity index (χ4n) is 2.63. The van der Waals surface area contributed by atoms with Gasteiger partial charge in [-0.05, 0) is 48.9 Å². The van der Waals surface area contributed by atoms with Crippen LogP contribution in [0.4, 0.5) is 5.69 Å². The van der Waals surface area contributed by atoms with E-state index in [2.05, 4.69) is 20.3 Å². The molecule has 3 aromatic heterocycles. The maximum absolute atomic E-state index is 5.88. The Morgan fingerprint density at radius 2 is 1.93 bits per heavy atom. The molecular formula is C21H18N4OS. The van der Waals surface area contributed by atoms with Crippen LogP contribution in [0.15, 0.2) is 72.5 Å². The number of nitrogens with one attached hydrogen (secondary N) is 1. The van der Waals surface area contributed by atoms with Crippen molar-refractivity contribution in [3.63, 3.8) is 0 Å². The Bertz CT molecular complexity index is 1000. The molecule has 0 aliphatic carbocycles. The molecule has 6 heteroatoms. The van der Waals surface area contributed by atoms with Crippen LogP contribution in [0.2, 0.25) is 0 Å². The molecule has 0 aliphatic heterocycles. The first kappa shape index (κ1) is 17.2. The number of pyridine rings is 2. The number of rotatable bonds is 6. The molecule has 4 rings (SSSR count). The van der Waals surface area contributed by atoms with Crippen LogP contribution >= 0.6 is 11.3 Å². The van der Waals surface area contributed by atoms with E-state index in [1.165, 1.54) is 0 Å². The van der Waals surface area contributed by atoms with Gasteiger partial charge in [-0.25, -0.2) is 9.97 Å². The largest absolute Gasteiger partial charge is 0.439 e. The zero-order chi connectivity index (χ0) is 18.5. The number of aryl methyl sites for hydroxylation is 1. The molecule has 0 bridgehead atoms. The van der Waals surface area contributed by atoms with Gasteiger partial charge in [0.25, 0.3) is 0 Å². The molecule has 0 unspecified atom stereocenters. The van der Waals surface area contributed by atoms with E-state index in [4.69, 9.17) is 4.74 Å². The number of thiazole rings is 1. The Morgan fingerprint density at radius 3 is 2.63 bits per heavy atom. The Hall–Kier alpha value is -3.25. The minimum Gasteiger partial charge on any atom is -0.439 e. The van der Waals surface area contributed by atoms with Crippen LogP contribution in [0.3, 0.4) is 0 Å². The van der Waals surface area contributed by atoms with Gasteiger partial charge in [0.2, 0.25) is 5.88 Å². The number of ether oxygens (including phenoxy) is 1. The number of hydrogen-bond acceptors (Lipinski definition) is 6. The first-order valence-electron chi connectivity index (χ1n) is 8.56. The molecule has 27 heavy (non-hydrogen) atoms. The molecular weight excluding hydrogens is 356 g/mol. The van der Waals surface area contributed by atoms with Crippen molar-refractivity contribution in [2.75, 3.05) is 5.32 Å². The predicted octanol–water partition coefficient (Wildman–Crippen LogP) is 5.31. The fourth-order valence-corrected chi connectivity index (χ4v) is 3.28. The quantitative estimate of drug-likeness (QED) is 0.495. The molecule has 134 valence electrons. The first-order chi connectivity index (χ1) is 13.3. The molecule has 0 spiro atoms. The SMILES string of the molecule is Cc1nc(Oc2ccc(-c3nccs3)cc2)ccc1NCc1cccnc1. The van der Waals surface area contributed by atoms with E-state index >= 15 is 0 Å². The predicted molar refractivity (Wildman–Crippen MR) is 108 cm³/mol. The van der Waals surface area contributed by atoms with Crippen molar-refractivity contribution >= 4 is 17.0 Å². The van der Waals surface area contributed by atoms with Crippen molar-refractivity contribution in [1.82, 2.24) is 15.0 Å². The average molecular weight is 374 g/mol. The van der Waals surface area contributed by atoms with E-state index in [0.29, 0.717) is 12.4 Å². The van der Waals surface area contributed by atoms with Gasteiger partial charge in [-0.3, -0.25) is 4.98 Å². The van der Waals surface area contributed by atoms with Crippen molar-refractivity contribution in [3.05, 3.63) is 83.8 Å². The van der Waals surface area contributed by atoms with Crippen molar-refractivity contribution in [2.24, 2.45) is 0 Å². The zero-order valence-electron chi connectivity index (χ0n) is 14.8. The molecule has 0 saturated heterocycles. The Balaban J connectivity index is 1.41. The van der Waals surface area contributed by atoms with Crippen LogP contribution in [-0.2, 0) is 6.54 Å². The highest BCUT2D eigenvalue weighted by Crippen LogP contribution is 2.27. The lowest BCUT2D eigenvalue weighted by Gasteiger charge is -2.11. The van der Waals surface area contributed by atoms with Gasteiger partial charge < -0.3 is 10.1 Å². The summed E-state index contributed by atoms with van der Waals surface area (Å²) >= 11 is 1.62. The van der Waals surface area contributed by atoms with Crippen LogP contribution < -0.4 is 10.1 Å². The Labute approximate surface area is 161 Å². The van der Waals surface area contributed by atoms with Crippen molar-refractivity contribution in [1.29, 1.82) is 0 Å². The van der Waals surface area contributed by atoms with Gasteiger partial charge >= 0.3 is 0 Å². The van der Waals surface area contributed by atoms with Gasteiger partial charge in [0.1, 0.15) is 10.8 Å². The second kappa shape index (κ2) is 7.97. The molecule has 0 fully saturated rings. The summed E-state index contributed by atoms with van der Waals surface area (Å²) in [6.45, 7) is 2.67. The lowest BCUT2D eigenvalue weighted by Crippen LogP contribution is -2.02. The monoisotopic (exact) mass is 374 g/mol. The Kier molecular flexibility index (Phi) is 5.07. The number of hydrogen-bond donors (Lipinski definition) is 1. The van der Waals surface area contributed by atoms with E-state index in [9.17, 15) is 0 Å². The summed E-state index contributed by atoms with van der Waals surface area (Å²) in [5, 5.41) is 6.35. The van der Waals surface area contributed by atoms with Gasteiger partial charge in [-0.2, -0.15) is 0 Å². The Morgan fingerprint density at radius 1 is 1.04 bits per heavy atom. The van der Waals surface area contributed by atoms with Crippen LogP contribution in [0.1, 0.15) is 11.3 Å².